The van der Waals surface area contributed by atoms with Crippen molar-refractivity contribution in [2.45, 2.75) is 51.1 Å². The van der Waals surface area contributed by atoms with E-state index in [4.69, 9.17) is 0 Å². The van der Waals surface area contributed by atoms with Gasteiger partial charge in [-0.05, 0) is 70.7 Å². The van der Waals surface area contributed by atoms with Crippen molar-refractivity contribution in [1.29, 1.82) is 0 Å². The Morgan fingerprint density at radius 3 is 2.69 bits per heavy atom. The lowest BCUT2D eigenvalue weighted by atomic mass is 9.79. The summed E-state index contributed by atoms with van der Waals surface area (Å²) in [6, 6.07) is 6.93. The molecule has 3 heterocycles. The summed E-state index contributed by atoms with van der Waals surface area (Å²) in [6.07, 6.45) is 6.78. The van der Waals surface area contributed by atoms with E-state index in [9.17, 15) is 0 Å². The van der Waals surface area contributed by atoms with E-state index >= 15 is 0 Å². The van der Waals surface area contributed by atoms with E-state index in [0.717, 1.165) is 39.1 Å². The van der Waals surface area contributed by atoms with Crippen LogP contribution < -0.4 is 16.0 Å². The van der Waals surface area contributed by atoms with Crippen LogP contribution in [-0.4, -0.2) is 67.3 Å². The van der Waals surface area contributed by atoms with E-state index < -0.39 is 0 Å². The lowest BCUT2D eigenvalue weighted by Gasteiger charge is -2.48. The van der Waals surface area contributed by atoms with Crippen molar-refractivity contribution in [2.24, 2.45) is 5.92 Å². The van der Waals surface area contributed by atoms with Crippen LogP contribution in [0, 0.1) is 5.92 Å². The van der Waals surface area contributed by atoms with Crippen LogP contribution in [0.5, 0.6) is 0 Å². The van der Waals surface area contributed by atoms with E-state index in [1.807, 2.05) is 12.3 Å². The van der Waals surface area contributed by atoms with E-state index in [1.54, 1.807) is 0 Å². The van der Waals surface area contributed by atoms with Crippen LogP contribution >= 0.6 is 0 Å². The highest BCUT2D eigenvalue weighted by Gasteiger charge is 2.37. The zero-order chi connectivity index (χ0) is 18.2. The number of pyridine rings is 1. The topological polar surface area (TPSA) is 52.2 Å². The third kappa shape index (κ3) is 5.49. The van der Waals surface area contributed by atoms with Gasteiger partial charge in [0.1, 0.15) is 0 Å². The molecule has 1 aromatic rings. The highest BCUT2D eigenvalue weighted by molar-refractivity contribution is 5.07. The summed E-state index contributed by atoms with van der Waals surface area (Å²) < 4.78 is 0. The Bertz CT molecular complexity index is 518. The zero-order valence-corrected chi connectivity index (χ0v) is 16.6. The SMILES string of the molecule is CC1(C)C(Cc2ccccn2)CCNCCNCCNC2CCCN1C2. The molecule has 3 atom stereocenters. The summed E-state index contributed by atoms with van der Waals surface area (Å²) in [4.78, 5) is 7.35. The van der Waals surface area contributed by atoms with Crippen LogP contribution in [-0.2, 0) is 6.42 Å². The first-order valence-corrected chi connectivity index (χ1v) is 10.5. The first kappa shape index (κ1) is 19.7. The monoisotopic (exact) mass is 359 g/mol. The van der Waals surface area contributed by atoms with Crippen LogP contribution in [0.2, 0.25) is 0 Å². The summed E-state index contributed by atoms with van der Waals surface area (Å²) >= 11 is 0. The average molecular weight is 360 g/mol. The largest absolute Gasteiger partial charge is 0.315 e. The van der Waals surface area contributed by atoms with E-state index in [-0.39, 0.29) is 5.54 Å². The quantitative estimate of drug-likeness (QED) is 0.750. The maximum absolute atomic E-state index is 4.61. The standard InChI is InChI=1S/C21H37N5/c1-21(2)18(16-19-6-3-4-9-24-19)8-10-22-11-12-23-13-14-25-20-7-5-15-26(21)17-20/h3-4,6,9,18,20,22-23,25H,5,7-8,10-17H2,1-2H3. The summed E-state index contributed by atoms with van der Waals surface area (Å²) in [5.74, 6) is 0.597. The molecule has 2 aliphatic heterocycles. The first-order valence-electron chi connectivity index (χ1n) is 10.5. The van der Waals surface area contributed by atoms with Crippen LogP contribution in [0.4, 0.5) is 0 Å². The van der Waals surface area contributed by atoms with Crippen molar-refractivity contribution in [3.63, 3.8) is 0 Å². The molecule has 1 aromatic heterocycles. The van der Waals surface area contributed by atoms with Gasteiger partial charge < -0.3 is 16.0 Å². The minimum atomic E-state index is 0.182. The predicted molar refractivity (Wildman–Crippen MR) is 108 cm³/mol. The highest BCUT2D eigenvalue weighted by atomic mass is 15.2. The van der Waals surface area contributed by atoms with Crippen molar-refractivity contribution in [2.75, 3.05) is 45.8 Å². The number of aromatic nitrogens is 1. The predicted octanol–water partition coefficient (Wildman–Crippen LogP) is 1.66. The van der Waals surface area contributed by atoms with E-state index in [1.165, 1.54) is 38.0 Å². The minimum absolute atomic E-state index is 0.182. The lowest BCUT2D eigenvalue weighted by Crippen LogP contribution is -2.58. The molecule has 3 N–H and O–H groups in total. The van der Waals surface area contributed by atoms with Gasteiger partial charge in [0.15, 0.2) is 0 Å². The molecule has 2 fully saturated rings. The molecule has 146 valence electrons. The second-order valence-corrected chi connectivity index (χ2v) is 8.40. The van der Waals surface area contributed by atoms with Gasteiger partial charge in [0.05, 0.1) is 0 Å². The van der Waals surface area contributed by atoms with E-state index in [0.29, 0.717) is 12.0 Å². The molecule has 0 radical (unpaired) electrons. The highest BCUT2D eigenvalue weighted by Crippen LogP contribution is 2.32. The Kier molecular flexibility index (Phi) is 7.43. The Balaban J connectivity index is 1.74. The number of nitrogens with zero attached hydrogens (tertiary/aromatic N) is 2. The molecule has 0 spiro atoms. The second-order valence-electron chi connectivity index (χ2n) is 8.40. The molecule has 3 unspecified atom stereocenters. The van der Waals surface area contributed by atoms with Gasteiger partial charge in [-0.3, -0.25) is 9.88 Å². The molecule has 2 aliphatic rings. The Morgan fingerprint density at radius 2 is 1.88 bits per heavy atom. The number of fused-ring (bicyclic) bond motifs is 2. The summed E-state index contributed by atoms with van der Waals surface area (Å²) in [5.41, 5.74) is 1.40. The number of rotatable bonds is 2. The molecule has 0 aliphatic carbocycles. The molecule has 5 nitrogen and oxygen atoms in total. The molecule has 0 aromatic carbocycles. The number of nitrogens with one attached hydrogen (secondary N) is 3. The normalized spacial score (nSPS) is 31.1. The van der Waals surface area contributed by atoms with Crippen molar-refractivity contribution >= 4 is 0 Å². The zero-order valence-electron chi connectivity index (χ0n) is 16.6. The molecule has 2 saturated heterocycles. The molecule has 5 heteroatoms. The fraction of sp³-hybridized carbons (Fsp3) is 0.762. The molecule has 26 heavy (non-hydrogen) atoms. The fourth-order valence-electron chi connectivity index (χ4n) is 4.47. The summed E-state index contributed by atoms with van der Waals surface area (Å²) in [7, 11) is 0. The molecule has 0 saturated carbocycles. The van der Waals surface area contributed by atoms with Crippen LogP contribution in [0.1, 0.15) is 38.8 Å². The Labute approximate surface area is 159 Å². The average Bonchev–Trinajstić information content (AvgIpc) is 2.66. The van der Waals surface area contributed by atoms with Crippen LogP contribution in [0.25, 0.3) is 0 Å². The fourth-order valence-corrected chi connectivity index (χ4v) is 4.47. The van der Waals surface area contributed by atoms with Gasteiger partial charge in [-0.15, -0.1) is 0 Å². The van der Waals surface area contributed by atoms with Gasteiger partial charge in [0, 0.05) is 56.2 Å². The minimum Gasteiger partial charge on any atom is -0.315 e. The Morgan fingerprint density at radius 1 is 1.08 bits per heavy atom. The molecule has 2 bridgehead atoms. The molecule has 0 amide bonds. The van der Waals surface area contributed by atoms with Gasteiger partial charge in [-0.2, -0.15) is 0 Å². The first-order chi connectivity index (χ1) is 12.7. The maximum atomic E-state index is 4.61. The Hall–Kier alpha value is -1.01. The van der Waals surface area contributed by atoms with Crippen molar-refractivity contribution in [1.82, 2.24) is 25.8 Å². The van der Waals surface area contributed by atoms with Gasteiger partial charge >= 0.3 is 0 Å². The van der Waals surface area contributed by atoms with Crippen molar-refractivity contribution in [3.05, 3.63) is 30.1 Å². The van der Waals surface area contributed by atoms with Crippen LogP contribution in [0.15, 0.2) is 24.4 Å². The van der Waals surface area contributed by atoms with E-state index in [2.05, 4.69) is 51.8 Å². The van der Waals surface area contributed by atoms with Gasteiger partial charge in [-0.25, -0.2) is 0 Å². The summed E-state index contributed by atoms with van der Waals surface area (Å²) in [5, 5.41) is 10.9. The van der Waals surface area contributed by atoms with Gasteiger partial charge in [-0.1, -0.05) is 6.07 Å². The van der Waals surface area contributed by atoms with Gasteiger partial charge in [0.25, 0.3) is 0 Å². The third-order valence-corrected chi connectivity index (χ3v) is 6.30. The number of hydrogen-bond acceptors (Lipinski definition) is 5. The molecular weight excluding hydrogens is 322 g/mol. The molecular formula is C21H37N5. The molecule has 3 rings (SSSR count). The maximum Gasteiger partial charge on any atom is 0.0407 e. The lowest BCUT2D eigenvalue weighted by molar-refractivity contribution is 0.0286. The van der Waals surface area contributed by atoms with Crippen molar-refractivity contribution in [3.8, 4) is 0 Å². The van der Waals surface area contributed by atoms with Gasteiger partial charge in [0.2, 0.25) is 0 Å². The second kappa shape index (κ2) is 9.79. The smallest absolute Gasteiger partial charge is 0.0407 e. The van der Waals surface area contributed by atoms with Crippen molar-refractivity contribution < 1.29 is 0 Å². The van der Waals surface area contributed by atoms with Crippen LogP contribution in [0.3, 0.4) is 0 Å². The number of hydrogen-bond donors (Lipinski definition) is 3. The summed E-state index contributed by atoms with van der Waals surface area (Å²) in [6.45, 7) is 12.6. The number of piperidine rings is 1. The third-order valence-electron chi connectivity index (χ3n) is 6.30.